The maximum Gasteiger partial charge on any atom is 0.346 e. The number of carboxylic acids is 1. The molecule has 1 heterocycles. The average Bonchev–Trinajstić information content (AvgIpc) is 2.52. The number of hydrogen-bond donors (Lipinski definition) is 1. The molecule has 1 rings (SSSR count). The first-order valence-electron chi connectivity index (χ1n) is 3.74. The van der Waals surface area contributed by atoms with E-state index in [0.717, 1.165) is 11.3 Å². The summed E-state index contributed by atoms with van der Waals surface area (Å²) in [6, 6.07) is 1.51. The van der Waals surface area contributed by atoms with Crippen molar-refractivity contribution in [3.63, 3.8) is 0 Å². The molecule has 0 saturated heterocycles. The summed E-state index contributed by atoms with van der Waals surface area (Å²) in [7, 11) is 0. The van der Waals surface area contributed by atoms with Crippen LogP contribution in [0.2, 0.25) is 0 Å². The van der Waals surface area contributed by atoms with E-state index in [9.17, 15) is 4.79 Å². The predicted molar refractivity (Wildman–Crippen MR) is 51.6 cm³/mol. The maximum absolute atomic E-state index is 10.5. The number of carboxylic acid groups (broad SMARTS) is 1. The molecule has 13 heavy (non-hydrogen) atoms. The van der Waals surface area contributed by atoms with Gasteiger partial charge in [-0.05, 0) is 6.92 Å². The van der Waals surface area contributed by atoms with E-state index in [4.69, 9.17) is 9.84 Å². The molecule has 0 saturated carbocycles. The molecular weight excluding hydrogens is 188 g/mol. The Balaban J connectivity index is 2.69. The van der Waals surface area contributed by atoms with Crippen molar-refractivity contribution < 1.29 is 14.6 Å². The van der Waals surface area contributed by atoms with Gasteiger partial charge in [0.05, 0.1) is 0 Å². The maximum atomic E-state index is 10.5. The van der Waals surface area contributed by atoms with Gasteiger partial charge in [-0.1, -0.05) is 12.7 Å². The van der Waals surface area contributed by atoms with Crippen molar-refractivity contribution in [1.82, 2.24) is 0 Å². The smallest absolute Gasteiger partial charge is 0.346 e. The minimum atomic E-state index is -0.925. The molecule has 1 atom stereocenters. The lowest BCUT2D eigenvalue weighted by Crippen LogP contribution is -2.06. The monoisotopic (exact) mass is 198 g/mol. The standard InChI is InChI=1S/C9H10O3S/c1-3-6(2)12-7-4-8(9(10)11)13-5-7/h3-6H,1H2,2H3,(H,10,11). The van der Waals surface area contributed by atoms with Gasteiger partial charge in [0.1, 0.15) is 16.7 Å². The summed E-state index contributed by atoms with van der Waals surface area (Å²) in [5.41, 5.74) is 0. The molecule has 0 amide bonds. The fourth-order valence-electron chi connectivity index (χ4n) is 0.756. The Morgan fingerprint density at radius 1 is 1.85 bits per heavy atom. The Hall–Kier alpha value is -1.29. The minimum Gasteiger partial charge on any atom is -0.486 e. The first kappa shape index (κ1) is 9.80. The summed E-state index contributed by atoms with van der Waals surface area (Å²) in [5, 5.41) is 10.3. The second-order valence-corrected chi connectivity index (χ2v) is 3.42. The second kappa shape index (κ2) is 4.09. The van der Waals surface area contributed by atoms with E-state index in [1.807, 2.05) is 6.92 Å². The van der Waals surface area contributed by atoms with Gasteiger partial charge in [0.2, 0.25) is 0 Å². The van der Waals surface area contributed by atoms with Crippen molar-refractivity contribution in [3.05, 3.63) is 29.0 Å². The lowest BCUT2D eigenvalue weighted by Gasteiger charge is -2.06. The van der Waals surface area contributed by atoms with E-state index in [0.29, 0.717) is 5.75 Å². The highest BCUT2D eigenvalue weighted by Gasteiger charge is 2.08. The SMILES string of the molecule is C=CC(C)Oc1csc(C(=O)O)c1. The zero-order valence-corrected chi connectivity index (χ0v) is 8.00. The van der Waals surface area contributed by atoms with Crippen molar-refractivity contribution in [3.8, 4) is 5.75 Å². The largest absolute Gasteiger partial charge is 0.486 e. The van der Waals surface area contributed by atoms with Gasteiger partial charge in [0.15, 0.2) is 0 Å². The van der Waals surface area contributed by atoms with Gasteiger partial charge in [-0.2, -0.15) is 0 Å². The highest BCUT2D eigenvalue weighted by Crippen LogP contribution is 2.22. The topological polar surface area (TPSA) is 46.5 Å². The number of thiophene rings is 1. The van der Waals surface area contributed by atoms with Gasteiger partial charge in [-0.3, -0.25) is 0 Å². The third kappa shape index (κ3) is 2.59. The lowest BCUT2D eigenvalue weighted by atomic mass is 10.4. The van der Waals surface area contributed by atoms with Crippen LogP contribution in [0, 0.1) is 0 Å². The highest BCUT2D eigenvalue weighted by molar-refractivity contribution is 7.12. The Kier molecular flexibility index (Phi) is 3.08. The average molecular weight is 198 g/mol. The Morgan fingerprint density at radius 3 is 3.00 bits per heavy atom. The normalized spacial score (nSPS) is 12.1. The van der Waals surface area contributed by atoms with E-state index in [2.05, 4.69) is 6.58 Å². The molecule has 0 aromatic carbocycles. The summed E-state index contributed by atoms with van der Waals surface area (Å²) in [6.07, 6.45) is 1.55. The van der Waals surface area contributed by atoms with Crippen LogP contribution >= 0.6 is 11.3 Å². The van der Waals surface area contributed by atoms with Crippen LogP contribution in [-0.4, -0.2) is 17.2 Å². The van der Waals surface area contributed by atoms with Crippen LogP contribution in [0.4, 0.5) is 0 Å². The van der Waals surface area contributed by atoms with Crippen molar-refractivity contribution in [2.75, 3.05) is 0 Å². The summed E-state index contributed by atoms with van der Waals surface area (Å²) in [6.45, 7) is 5.40. The van der Waals surface area contributed by atoms with Crippen molar-refractivity contribution in [2.24, 2.45) is 0 Å². The summed E-state index contributed by atoms with van der Waals surface area (Å²) < 4.78 is 5.32. The van der Waals surface area contributed by atoms with Gasteiger partial charge < -0.3 is 9.84 Å². The molecule has 1 aromatic rings. The van der Waals surface area contributed by atoms with Crippen LogP contribution in [0.25, 0.3) is 0 Å². The molecule has 70 valence electrons. The summed E-state index contributed by atoms with van der Waals surface area (Å²) in [4.78, 5) is 10.8. The molecule has 1 N–H and O–H groups in total. The van der Waals surface area contributed by atoms with Crippen LogP contribution in [0.3, 0.4) is 0 Å². The zero-order chi connectivity index (χ0) is 9.84. The van der Waals surface area contributed by atoms with Crippen LogP contribution in [0.5, 0.6) is 5.75 Å². The quantitative estimate of drug-likeness (QED) is 0.755. The van der Waals surface area contributed by atoms with Crippen LogP contribution in [-0.2, 0) is 0 Å². The number of carbonyl (C=O) groups is 1. The third-order valence-electron chi connectivity index (χ3n) is 1.44. The molecule has 1 aromatic heterocycles. The number of hydrogen-bond acceptors (Lipinski definition) is 3. The van der Waals surface area contributed by atoms with Crippen molar-refractivity contribution in [1.29, 1.82) is 0 Å². The molecule has 0 aliphatic carbocycles. The van der Waals surface area contributed by atoms with E-state index < -0.39 is 5.97 Å². The highest BCUT2D eigenvalue weighted by atomic mass is 32.1. The number of rotatable bonds is 4. The van der Waals surface area contributed by atoms with Crippen molar-refractivity contribution >= 4 is 17.3 Å². The van der Waals surface area contributed by atoms with Gasteiger partial charge >= 0.3 is 5.97 Å². The minimum absolute atomic E-state index is 0.101. The summed E-state index contributed by atoms with van der Waals surface area (Å²) in [5.74, 6) is -0.346. The molecular formula is C9H10O3S. The Labute approximate surface area is 80.3 Å². The molecule has 0 bridgehead atoms. The van der Waals surface area contributed by atoms with E-state index in [-0.39, 0.29) is 11.0 Å². The van der Waals surface area contributed by atoms with Crippen LogP contribution in [0.15, 0.2) is 24.1 Å². The van der Waals surface area contributed by atoms with Gasteiger partial charge in [-0.15, -0.1) is 11.3 Å². The fourth-order valence-corrected chi connectivity index (χ4v) is 1.41. The zero-order valence-electron chi connectivity index (χ0n) is 7.19. The number of ether oxygens (including phenoxy) is 1. The molecule has 0 aliphatic heterocycles. The third-order valence-corrected chi connectivity index (χ3v) is 2.34. The van der Waals surface area contributed by atoms with Gasteiger partial charge in [-0.25, -0.2) is 4.79 Å². The molecule has 0 radical (unpaired) electrons. The fraction of sp³-hybridized carbons (Fsp3) is 0.222. The molecule has 0 aliphatic rings. The molecule has 0 fully saturated rings. The van der Waals surface area contributed by atoms with Gasteiger partial charge in [0.25, 0.3) is 0 Å². The first-order valence-corrected chi connectivity index (χ1v) is 4.62. The van der Waals surface area contributed by atoms with E-state index in [1.165, 1.54) is 6.07 Å². The van der Waals surface area contributed by atoms with Crippen LogP contribution in [0.1, 0.15) is 16.6 Å². The molecule has 4 heteroatoms. The van der Waals surface area contributed by atoms with E-state index in [1.54, 1.807) is 11.5 Å². The Morgan fingerprint density at radius 2 is 2.54 bits per heavy atom. The van der Waals surface area contributed by atoms with Gasteiger partial charge in [0, 0.05) is 11.4 Å². The number of aromatic carboxylic acids is 1. The summed E-state index contributed by atoms with van der Waals surface area (Å²) >= 11 is 1.15. The van der Waals surface area contributed by atoms with Crippen molar-refractivity contribution in [2.45, 2.75) is 13.0 Å². The molecule has 3 nitrogen and oxygen atoms in total. The first-order chi connectivity index (χ1) is 6.13. The second-order valence-electron chi connectivity index (χ2n) is 2.51. The Bertz CT molecular complexity index is 316. The lowest BCUT2D eigenvalue weighted by molar-refractivity contribution is 0.0701. The molecule has 0 spiro atoms. The predicted octanol–water partition coefficient (Wildman–Crippen LogP) is 2.40. The van der Waals surface area contributed by atoms with Crippen LogP contribution < -0.4 is 4.74 Å². The molecule has 1 unspecified atom stereocenters. The van der Waals surface area contributed by atoms with E-state index >= 15 is 0 Å².